The zero-order valence-electron chi connectivity index (χ0n) is 18.4. The Labute approximate surface area is 187 Å². The second kappa shape index (κ2) is 9.04. The normalized spacial score (nSPS) is 14.6. The van der Waals surface area contributed by atoms with Gasteiger partial charge < -0.3 is 4.98 Å². The van der Waals surface area contributed by atoms with Crippen molar-refractivity contribution in [2.24, 2.45) is 0 Å². The van der Waals surface area contributed by atoms with E-state index < -0.39 is 0 Å². The first-order valence-corrected chi connectivity index (χ1v) is 11.3. The van der Waals surface area contributed by atoms with Crippen LogP contribution < -0.4 is 5.56 Å². The lowest BCUT2D eigenvalue weighted by molar-refractivity contribution is 0.172. The van der Waals surface area contributed by atoms with E-state index in [1.54, 1.807) is 0 Å². The topological polar surface area (TPSA) is 79.7 Å². The van der Waals surface area contributed by atoms with Crippen molar-refractivity contribution in [2.45, 2.75) is 58.3 Å². The molecule has 0 bridgehead atoms. The number of hydrogen-bond acceptors (Lipinski definition) is 5. The molecule has 2 aromatic heterocycles. The van der Waals surface area contributed by atoms with Crippen LogP contribution in [0.4, 0.5) is 0 Å². The van der Waals surface area contributed by atoms with Crippen molar-refractivity contribution < 1.29 is 0 Å². The van der Waals surface area contributed by atoms with Gasteiger partial charge in [0.05, 0.1) is 13.1 Å². The third-order valence-corrected chi connectivity index (χ3v) is 6.42. The van der Waals surface area contributed by atoms with Crippen molar-refractivity contribution in [2.75, 3.05) is 0 Å². The van der Waals surface area contributed by atoms with E-state index in [1.165, 1.54) is 12.8 Å². The molecule has 32 heavy (non-hydrogen) atoms. The van der Waals surface area contributed by atoms with E-state index in [1.807, 2.05) is 41.9 Å². The van der Waals surface area contributed by atoms with Crippen LogP contribution in [0.25, 0.3) is 10.9 Å². The highest BCUT2D eigenvalue weighted by atomic mass is 16.1. The van der Waals surface area contributed by atoms with Crippen LogP contribution in [0.5, 0.6) is 0 Å². The monoisotopic (exact) mass is 428 g/mol. The molecule has 1 aliphatic carbocycles. The molecular formula is C25H28N6O. The molecule has 4 aromatic rings. The zero-order valence-corrected chi connectivity index (χ0v) is 18.4. The number of aromatic nitrogens is 5. The quantitative estimate of drug-likeness (QED) is 0.484. The van der Waals surface area contributed by atoms with Crippen LogP contribution in [0.1, 0.15) is 48.2 Å². The first-order chi connectivity index (χ1) is 15.7. The minimum absolute atomic E-state index is 0.0185. The Bertz CT molecular complexity index is 1260. The van der Waals surface area contributed by atoms with Crippen molar-refractivity contribution in [3.63, 3.8) is 0 Å². The van der Waals surface area contributed by atoms with Gasteiger partial charge >= 0.3 is 0 Å². The maximum Gasteiger partial charge on any atom is 0.252 e. The summed E-state index contributed by atoms with van der Waals surface area (Å²) >= 11 is 0. The van der Waals surface area contributed by atoms with Crippen molar-refractivity contribution in [3.8, 4) is 0 Å². The fourth-order valence-electron chi connectivity index (χ4n) is 4.68. The molecule has 1 fully saturated rings. The summed E-state index contributed by atoms with van der Waals surface area (Å²) in [6.07, 6.45) is 4.74. The van der Waals surface area contributed by atoms with Gasteiger partial charge in [-0.25, -0.2) is 4.68 Å². The van der Waals surface area contributed by atoms with Crippen LogP contribution in [0.3, 0.4) is 0 Å². The Kier molecular flexibility index (Phi) is 5.81. The van der Waals surface area contributed by atoms with Crippen LogP contribution in [-0.2, 0) is 19.6 Å². The van der Waals surface area contributed by atoms with Crippen molar-refractivity contribution in [3.05, 3.63) is 87.5 Å². The van der Waals surface area contributed by atoms with Gasteiger partial charge in [-0.05, 0) is 58.8 Å². The summed E-state index contributed by atoms with van der Waals surface area (Å²) in [7, 11) is 0. The number of tetrazole rings is 1. The molecule has 7 nitrogen and oxygen atoms in total. The number of benzene rings is 2. The Morgan fingerprint density at radius 2 is 1.88 bits per heavy atom. The number of hydrogen-bond donors (Lipinski definition) is 1. The van der Waals surface area contributed by atoms with Crippen molar-refractivity contribution in [1.29, 1.82) is 0 Å². The first kappa shape index (κ1) is 20.6. The highest BCUT2D eigenvalue weighted by Crippen LogP contribution is 2.26. The molecule has 1 N–H and O–H groups in total. The van der Waals surface area contributed by atoms with Gasteiger partial charge in [0.2, 0.25) is 0 Å². The molecule has 1 saturated carbocycles. The number of nitrogens with one attached hydrogen (secondary N) is 1. The van der Waals surface area contributed by atoms with Gasteiger partial charge in [0.25, 0.3) is 5.56 Å². The van der Waals surface area contributed by atoms with Crippen molar-refractivity contribution >= 4 is 10.9 Å². The van der Waals surface area contributed by atoms with E-state index in [-0.39, 0.29) is 5.56 Å². The molecule has 0 spiro atoms. The number of nitrogens with zero attached hydrogens (tertiary/aromatic N) is 5. The van der Waals surface area contributed by atoms with Gasteiger partial charge in [0.1, 0.15) is 0 Å². The summed E-state index contributed by atoms with van der Waals surface area (Å²) in [4.78, 5) is 18.3. The van der Waals surface area contributed by atoms with Crippen LogP contribution >= 0.6 is 0 Å². The molecule has 2 aromatic carbocycles. The Hall–Kier alpha value is -3.32. The van der Waals surface area contributed by atoms with Gasteiger partial charge in [-0.15, -0.1) is 5.10 Å². The SMILES string of the molecule is Cc1ccc2cc(CN(Cc3nnnn3Cc3ccccc3)C3CCCC3)c(=O)[nH]c2c1. The number of rotatable bonds is 7. The summed E-state index contributed by atoms with van der Waals surface area (Å²) in [5, 5.41) is 13.5. The molecule has 164 valence electrons. The van der Waals surface area contributed by atoms with Crippen LogP contribution in [0.15, 0.2) is 59.4 Å². The number of fused-ring (bicyclic) bond motifs is 1. The predicted octanol–water partition coefficient (Wildman–Crippen LogP) is 3.82. The maximum atomic E-state index is 12.9. The molecule has 0 unspecified atom stereocenters. The standard InChI is InChI=1S/C25H28N6O/c1-18-11-12-20-14-21(25(32)26-23(20)13-18)16-30(22-9-5-6-10-22)17-24-27-28-29-31(24)15-19-7-3-2-4-8-19/h2-4,7-8,11-14,22H,5-6,9-10,15-17H2,1H3,(H,26,32). The molecule has 2 heterocycles. The number of aromatic amines is 1. The third kappa shape index (κ3) is 4.48. The third-order valence-electron chi connectivity index (χ3n) is 6.42. The second-order valence-electron chi connectivity index (χ2n) is 8.80. The maximum absolute atomic E-state index is 12.9. The lowest BCUT2D eigenvalue weighted by Gasteiger charge is -2.28. The van der Waals surface area contributed by atoms with Gasteiger partial charge in [0.15, 0.2) is 5.82 Å². The van der Waals surface area contributed by atoms with Crippen LogP contribution in [0.2, 0.25) is 0 Å². The van der Waals surface area contributed by atoms with E-state index in [4.69, 9.17) is 0 Å². The van der Waals surface area contributed by atoms with E-state index in [0.29, 0.717) is 25.7 Å². The Morgan fingerprint density at radius 1 is 1.06 bits per heavy atom. The van der Waals surface area contributed by atoms with Gasteiger partial charge in [-0.1, -0.05) is 55.3 Å². The van der Waals surface area contributed by atoms with Crippen LogP contribution in [0, 0.1) is 6.92 Å². The molecule has 5 rings (SSSR count). The average Bonchev–Trinajstić information content (AvgIpc) is 3.47. The summed E-state index contributed by atoms with van der Waals surface area (Å²) in [6.45, 7) is 3.88. The van der Waals surface area contributed by atoms with Gasteiger partial charge in [0, 0.05) is 23.7 Å². The molecule has 0 radical (unpaired) electrons. The zero-order chi connectivity index (χ0) is 21.9. The minimum Gasteiger partial charge on any atom is -0.322 e. The largest absolute Gasteiger partial charge is 0.322 e. The second-order valence-corrected chi connectivity index (χ2v) is 8.80. The van der Waals surface area contributed by atoms with Gasteiger partial charge in [-0.2, -0.15) is 0 Å². The Morgan fingerprint density at radius 3 is 2.69 bits per heavy atom. The lowest BCUT2D eigenvalue weighted by atomic mass is 10.1. The molecule has 0 atom stereocenters. The lowest BCUT2D eigenvalue weighted by Crippen LogP contribution is -2.35. The smallest absolute Gasteiger partial charge is 0.252 e. The number of aryl methyl sites for hydroxylation is 1. The fourth-order valence-corrected chi connectivity index (χ4v) is 4.68. The Balaban J connectivity index is 1.42. The summed E-state index contributed by atoms with van der Waals surface area (Å²) in [5.41, 5.74) is 3.96. The molecular weight excluding hydrogens is 400 g/mol. The molecule has 0 amide bonds. The predicted molar refractivity (Wildman–Crippen MR) is 124 cm³/mol. The first-order valence-electron chi connectivity index (χ1n) is 11.3. The fraction of sp³-hybridized carbons (Fsp3) is 0.360. The highest BCUT2D eigenvalue weighted by molar-refractivity contribution is 5.79. The summed E-state index contributed by atoms with van der Waals surface area (Å²) in [6, 6.07) is 18.9. The molecule has 7 heteroatoms. The van der Waals surface area contributed by atoms with E-state index in [0.717, 1.165) is 46.3 Å². The highest BCUT2D eigenvalue weighted by Gasteiger charge is 2.25. The summed E-state index contributed by atoms with van der Waals surface area (Å²) in [5.74, 6) is 0.827. The van der Waals surface area contributed by atoms with E-state index in [9.17, 15) is 4.79 Å². The van der Waals surface area contributed by atoms with E-state index in [2.05, 4.69) is 49.7 Å². The number of pyridine rings is 1. The van der Waals surface area contributed by atoms with Crippen LogP contribution in [-0.4, -0.2) is 36.1 Å². The van der Waals surface area contributed by atoms with Gasteiger partial charge in [-0.3, -0.25) is 9.69 Å². The van der Waals surface area contributed by atoms with Crippen molar-refractivity contribution in [1.82, 2.24) is 30.1 Å². The van der Waals surface area contributed by atoms with E-state index >= 15 is 0 Å². The molecule has 1 aliphatic rings. The summed E-state index contributed by atoms with van der Waals surface area (Å²) < 4.78 is 1.87. The number of H-pyrrole nitrogens is 1. The average molecular weight is 429 g/mol. The molecule has 0 aliphatic heterocycles. The minimum atomic E-state index is -0.0185. The molecule has 0 saturated heterocycles.